The van der Waals surface area contributed by atoms with Crippen LogP contribution in [0.3, 0.4) is 0 Å². The molecule has 112 valence electrons. The molecular weight excluding hydrogens is 266 g/mol. The summed E-state index contributed by atoms with van der Waals surface area (Å²) in [4.78, 5) is 11.2. The number of carbonyl (C=O) groups is 1. The first-order chi connectivity index (χ1) is 9.90. The Morgan fingerprint density at radius 2 is 2.10 bits per heavy atom. The molecule has 1 heterocycles. The molecule has 0 aliphatic carbocycles. The lowest BCUT2D eigenvalue weighted by Gasteiger charge is -2.15. The normalized spacial score (nSPS) is 12.4. The van der Waals surface area contributed by atoms with Gasteiger partial charge in [-0.1, -0.05) is 11.2 Å². The van der Waals surface area contributed by atoms with Crippen molar-refractivity contribution in [3.05, 3.63) is 51.9 Å². The summed E-state index contributed by atoms with van der Waals surface area (Å²) in [6, 6.07) is 5.65. The highest BCUT2D eigenvalue weighted by Crippen LogP contribution is 2.21. The molecule has 1 unspecified atom stereocenters. The van der Waals surface area contributed by atoms with Crippen LogP contribution in [-0.2, 0) is 6.54 Å². The lowest BCUT2D eigenvalue weighted by atomic mass is 10.0. The van der Waals surface area contributed by atoms with Gasteiger partial charge in [0.1, 0.15) is 5.76 Å². The van der Waals surface area contributed by atoms with Gasteiger partial charge in [-0.25, -0.2) is 0 Å². The summed E-state index contributed by atoms with van der Waals surface area (Å²) >= 11 is 0. The summed E-state index contributed by atoms with van der Waals surface area (Å²) in [5, 5.41) is 7.43. The van der Waals surface area contributed by atoms with E-state index >= 15 is 0 Å². The highest BCUT2D eigenvalue weighted by Gasteiger charge is 2.16. The second kappa shape index (κ2) is 6.10. The van der Waals surface area contributed by atoms with Crippen molar-refractivity contribution in [3.63, 3.8) is 0 Å². The highest BCUT2D eigenvalue weighted by atomic mass is 16.5. The van der Waals surface area contributed by atoms with Gasteiger partial charge in [-0.3, -0.25) is 4.79 Å². The number of aryl methyl sites for hydroxylation is 3. The standard InChI is InChI=1S/C16H21N3O2/c1-9-7-13(16(17)20)5-6-14(9)8-18-10(2)15-11(3)19-21-12(15)4/h5-7,10,18H,8H2,1-4H3,(H2,17,20). The molecule has 0 saturated carbocycles. The van der Waals surface area contributed by atoms with Gasteiger partial charge in [0, 0.05) is 23.7 Å². The molecule has 5 nitrogen and oxygen atoms in total. The maximum atomic E-state index is 11.2. The van der Waals surface area contributed by atoms with E-state index in [4.69, 9.17) is 10.3 Å². The van der Waals surface area contributed by atoms with E-state index in [-0.39, 0.29) is 6.04 Å². The van der Waals surface area contributed by atoms with Gasteiger partial charge in [-0.2, -0.15) is 0 Å². The van der Waals surface area contributed by atoms with Gasteiger partial charge < -0.3 is 15.6 Å². The Labute approximate surface area is 124 Å². The highest BCUT2D eigenvalue weighted by molar-refractivity contribution is 5.93. The number of primary amides is 1. The number of rotatable bonds is 5. The van der Waals surface area contributed by atoms with E-state index in [1.165, 1.54) is 0 Å². The lowest BCUT2D eigenvalue weighted by Crippen LogP contribution is -2.20. The van der Waals surface area contributed by atoms with Crippen molar-refractivity contribution in [1.29, 1.82) is 0 Å². The largest absolute Gasteiger partial charge is 0.366 e. The molecule has 0 spiro atoms. The number of aromatic nitrogens is 1. The topological polar surface area (TPSA) is 81.2 Å². The third kappa shape index (κ3) is 3.31. The van der Waals surface area contributed by atoms with Crippen molar-refractivity contribution in [1.82, 2.24) is 10.5 Å². The average molecular weight is 287 g/mol. The van der Waals surface area contributed by atoms with Gasteiger partial charge in [0.25, 0.3) is 0 Å². The minimum Gasteiger partial charge on any atom is -0.366 e. The Balaban J connectivity index is 2.08. The van der Waals surface area contributed by atoms with Gasteiger partial charge in [0.15, 0.2) is 0 Å². The fourth-order valence-electron chi connectivity index (χ4n) is 2.52. The predicted molar refractivity (Wildman–Crippen MR) is 80.9 cm³/mol. The zero-order valence-corrected chi connectivity index (χ0v) is 12.9. The van der Waals surface area contributed by atoms with Gasteiger partial charge >= 0.3 is 0 Å². The van der Waals surface area contributed by atoms with Crippen LogP contribution < -0.4 is 11.1 Å². The lowest BCUT2D eigenvalue weighted by molar-refractivity contribution is 0.1000. The van der Waals surface area contributed by atoms with Crippen LogP contribution in [0.25, 0.3) is 0 Å². The molecule has 0 radical (unpaired) electrons. The summed E-state index contributed by atoms with van der Waals surface area (Å²) in [5.74, 6) is 0.440. The molecular formula is C16H21N3O2. The van der Waals surface area contributed by atoms with Crippen LogP contribution >= 0.6 is 0 Å². The van der Waals surface area contributed by atoms with E-state index in [1.807, 2.05) is 32.9 Å². The number of hydrogen-bond acceptors (Lipinski definition) is 4. The Bertz CT molecular complexity index is 642. The zero-order valence-electron chi connectivity index (χ0n) is 12.9. The maximum absolute atomic E-state index is 11.2. The number of benzene rings is 1. The van der Waals surface area contributed by atoms with Crippen molar-refractivity contribution in [2.75, 3.05) is 0 Å². The molecule has 3 N–H and O–H groups in total. The molecule has 1 atom stereocenters. The van der Waals surface area contributed by atoms with Crippen LogP contribution in [0.1, 0.15) is 51.5 Å². The van der Waals surface area contributed by atoms with Crippen LogP contribution in [0.2, 0.25) is 0 Å². The van der Waals surface area contributed by atoms with E-state index in [0.29, 0.717) is 12.1 Å². The van der Waals surface area contributed by atoms with E-state index in [0.717, 1.165) is 28.1 Å². The fourth-order valence-corrected chi connectivity index (χ4v) is 2.52. The van der Waals surface area contributed by atoms with E-state index in [2.05, 4.69) is 17.4 Å². The van der Waals surface area contributed by atoms with Crippen molar-refractivity contribution in [3.8, 4) is 0 Å². The number of nitrogens with two attached hydrogens (primary N) is 1. The number of nitrogens with zero attached hydrogens (tertiary/aromatic N) is 1. The number of carbonyl (C=O) groups excluding carboxylic acids is 1. The van der Waals surface area contributed by atoms with Crippen molar-refractivity contribution >= 4 is 5.91 Å². The Hall–Kier alpha value is -2.14. The molecule has 2 aromatic rings. The van der Waals surface area contributed by atoms with E-state index in [1.54, 1.807) is 6.07 Å². The predicted octanol–water partition coefficient (Wildman–Crippen LogP) is 2.55. The van der Waals surface area contributed by atoms with Gasteiger partial charge in [0.05, 0.1) is 5.69 Å². The monoisotopic (exact) mass is 287 g/mol. The van der Waals surface area contributed by atoms with Crippen LogP contribution in [0, 0.1) is 20.8 Å². The van der Waals surface area contributed by atoms with Gasteiger partial charge in [0.2, 0.25) is 5.91 Å². The molecule has 0 aliphatic heterocycles. The Morgan fingerprint density at radius 3 is 2.62 bits per heavy atom. The first-order valence-electron chi connectivity index (χ1n) is 6.95. The smallest absolute Gasteiger partial charge is 0.248 e. The summed E-state index contributed by atoms with van der Waals surface area (Å²) in [6.45, 7) is 8.62. The van der Waals surface area contributed by atoms with Gasteiger partial charge in [-0.05, 0) is 51.0 Å². The fraction of sp³-hybridized carbons (Fsp3) is 0.375. The molecule has 0 bridgehead atoms. The molecule has 1 aromatic heterocycles. The first-order valence-corrected chi connectivity index (χ1v) is 6.95. The molecule has 21 heavy (non-hydrogen) atoms. The minimum atomic E-state index is -0.401. The molecule has 1 aromatic carbocycles. The van der Waals surface area contributed by atoms with E-state index in [9.17, 15) is 4.79 Å². The van der Waals surface area contributed by atoms with Crippen LogP contribution in [0.4, 0.5) is 0 Å². The molecule has 0 saturated heterocycles. The summed E-state index contributed by atoms with van der Waals surface area (Å²) in [6.07, 6.45) is 0. The van der Waals surface area contributed by atoms with E-state index < -0.39 is 5.91 Å². The maximum Gasteiger partial charge on any atom is 0.248 e. The Kier molecular flexibility index (Phi) is 4.43. The zero-order chi connectivity index (χ0) is 15.6. The molecule has 0 fully saturated rings. The summed E-state index contributed by atoms with van der Waals surface area (Å²) in [5.41, 5.74) is 10.0. The van der Waals surface area contributed by atoms with Gasteiger partial charge in [-0.15, -0.1) is 0 Å². The quantitative estimate of drug-likeness (QED) is 0.885. The summed E-state index contributed by atoms with van der Waals surface area (Å²) in [7, 11) is 0. The SMILES string of the molecule is Cc1cc(C(N)=O)ccc1CNC(C)c1c(C)noc1C. The minimum absolute atomic E-state index is 0.145. The summed E-state index contributed by atoms with van der Waals surface area (Å²) < 4.78 is 5.19. The third-order valence-corrected chi connectivity index (χ3v) is 3.75. The number of hydrogen-bond donors (Lipinski definition) is 2. The number of nitrogens with one attached hydrogen (secondary N) is 1. The van der Waals surface area contributed by atoms with Crippen LogP contribution in [0.15, 0.2) is 22.7 Å². The average Bonchev–Trinajstić information content (AvgIpc) is 2.76. The van der Waals surface area contributed by atoms with Crippen molar-refractivity contribution < 1.29 is 9.32 Å². The molecule has 0 aliphatic rings. The molecule has 5 heteroatoms. The molecule has 2 rings (SSSR count). The third-order valence-electron chi connectivity index (χ3n) is 3.75. The second-order valence-electron chi connectivity index (χ2n) is 5.35. The van der Waals surface area contributed by atoms with Crippen LogP contribution in [0.5, 0.6) is 0 Å². The first kappa shape index (κ1) is 15.3. The van der Waals surface area contributed by atoms with Crippen molar-refractivity contribution in [2.24, 2.45) is 5.73 Å². The Morgan fingerprint density at radius 1 is 1.38 bits per heavy atom. The van der Waals surface area contributed by atoms with Crippen molar-refractivity contribution in [2.45, 2.75) is 40.3 Å². The van der Waals surface area contributed by atoms with Crippen LogP contribution in [-0.4, -0.2) is 11.1 Å². The second-order valence-corrected chi connectivity index (χ2v) is 5.35. The number of amides is 1. The molecule has 1 amide bonds.